The second kappa shape index (κ2) is 9.89. The summed E-state index contributed by atoms with van der Waals surface area (Å²) in [6.45, 7) is 4.74. The fourth-order valence-corrected chi connectivity index (χ4v) is 5.86. The largest absolute Gasteiger partial charge is 0.465 e. The summed E-state index contributed by atoms with van der Waals surface area (Å²) in [6.07, 6.45) is 3.09. The first-order valence-corrected chi connectivity index (χ1v) is 12.8. The van der Waals surface area contributed by atoms with Crippen molar-refractivity contribution < 1.29 is 27.6 Å². The summed E-state index contributed by atoms with van der Waals surface area (Å²) >= 11 is 0. The van der Waals surface area contributed by atoms with E-state index in [1.807, 2.05) is 30.5 Å². The molecule has 1 aliphatic rings. The Hall–Kier alpha value is -4.11. The molecule has 1 atom stereocenters. The summed E-state index contributed by atoms with van der Waals surface area (Å²) in [5.74, 6) is -0.909. The van der Waals surface area contributed by atoms with Gasteiger partial charge in [-0.05, 0) is 75.1 Å². The first kappa shape index (κ1) is 25.2. The third kappa shape index (κ3) is 4.27. The van der Waals surface area contributed by atoms with Crippen molar-refractivity contribution in [1.82, 2.24) is 14.7 Å². The molecular weight excluding hydrogens is 504 g/mol. The van der Waals surface area contributed by atoms with E-state index in [1.54, 1.807) is 18.3 Å². The minimum absolute atomic E-state index is 0.0571. The molecular formula is C30H27F2N3O4. The number of hydrogen-bond donors (Lipinski definition) is 0. The van der Waals surface area contributed by atoms with Crippen LogP contribution in [0.15, 0.2) is 53.2 Å². The lowest BCUT2D eigenvalue weighted by molar-refractivity contribution is 0.0548. The summed E-state index contributed by atoms with van der Waals surface area (Å²) in [7, 11) is 1.33. The number of ether oxygens (including phenoxy) is 2. The molecule has 39 heavy (non-hydrogen) atoms. The number of aromatic nitrogens is 3. The van der Waals surface area contributed by atoms with Crippen molar-refractivity contribution >= 4 is 27.9 Å². The third-order valence-corrected chi connectivity index (χ3v) is 7.65. The Kier molecular flexibility index (Phi) is 6.38. The lowest BCUT2D eigenvalue weighted by atomic mass is 9.86. The molecule has 3 aromatic heterocycles. The number of hydrogen-bond acceptors (Lipinski definition) is 6. The van der Waals surface area contributed by atoms with Gasteiger partial charge in [-0.3, -0.25) is 4.98 Å². The molecule has 4 heterocycles. The van der Waals surface area contributed by atoms with E-state index in [4.69, 9.17) is 19.0 Å². The number of methoxy groups -OCH3 is 1. The SMILES string of the molecule is COC(=O)c1ccc2c3ncc(-c4c(C)noc4C)cc3n(C(c3cc(F)ccc3F)C3CCOCC3)c2c1. The topological polar surface area (TPSA) is 79.4 Å². The van der Waals surface area contributed by atoms with Gasteiger partial charge in [-0.1, -0.05) is 5.16 Å². The number of fused-ring (bicyclic) bond motifs is 3. The third-order valence-electron chi connectivity index (χ3n) is 7.65. The van der Waals surface area contributed by atoms with Gasteiger partial charge in [0.1, 0.15) is 17.4 Å². The molecule has 6 rings (SSSR count). The van der Waals surface area contributed by atoms with Crippen LogP contribution in [0.1, 0.15) is 46.3 Å². The van der Waals surface area contributed by atoms with E-state index in [-0.39, 0.29) is 11.5 Å². The predicted molar refractivity (Wildman–Crippen MR) is 142 cm³/mol. The molecule has 0 bridgehead atoms. The van der Waals surface area contributed by atoms with Crippen LogP contribution in [0.4, 0.5) is 8.78 Å². The highest BCUT2D eigenvalue weighted by molar-refractivity contribution is 6.08. The van der Waals surface area contributed by atoms with Crippen molar-refractivity contribution in [2.45, 2.75) is 32.7 Å². The number of pyridine rings is 1. The number of esters is 1. The number of nitrogens with zero attached hydrogens (tertiary/aromatic N) is 3. The molecule has 0 aliphatic carbocycles. The van der Waals surface area contributed by atoms with Crippen LogP contribution in [0.3, 0.4) is 0 Å². The predicted octanol–water partition coefficient (Wildman–Crippen LogP) is 6.54. The monoisotopic (exact) mass is 531 g/mol. The van der Waals surface area contributed by atoms with E-state index in [2.05, 4.69) is 5.16 Å². The van der Waals surface area contributed by atoms with E-state index in [0.29, 0.717) is 48.4 Å². The molecule has 0 radical (unpaired) electrons. The Bertz CT molecular complexity index is 1700. The van der Waals surface area contributed by atoms with Crippen LogP contribution in [0.2, 0.25) is 0 Å². The first-order chi connectivity index (χ1) is 18.9. The van der Waals surface area contributed by atoms with Gasteiger partial charge in [-0.2, -0.15) is 0 Å². The van der Waals surface area contributed by atoms with E-state index >= 15 is 4.39 Å². The van der Waals surface area contributed by atoms with Gasteiger partial charge in [-0.25, -0.2) is 13.6 Å². The van der Waals surface area contributed by atoms with E-state index < -0.39 is 23.6 Å². The molecule has 0 saturated carbocycles. The number of benzene rings is 2. The van der Waals surface area contributed by atoms with Crippen LogP contribution < -0.4 is 0 Å². The van der Waals surface area contributed by atoms with Crippen molar-refractivity contribution in [3.8, 4) is 11.1 Å². The maximum atomic E-state index is 15.5. The van der Waals surface area contributed by atoms with Gasteiger partial charge < -0.3 is 18.6 Å². The minimum Gasteiger partial charge on any atom is -0.465 e. The number of aryl methyl sites for hydroxylation is 2. The quantitative estimate of drug-likeness (QED) is 0.240. The lowest BCUT2D eigenvalue weighted by Gasteiger charge is -2.33. The molecule has 1 aliphatic heterocycles. The van der Waals surface area contributed by atoms with E-state index in [0.717, 1.165) is 39.9 Å². The van der Waals surface area contributed by atoms with Crippen LogP contribution in [0, 0.1) is 31.4 Å². The molecule has 0 amide bonds. The summed E-state index contributed by atoms with van der Waals surface area (Å²) in [5.41, 5.74) is 5.03. The Morgan fingerprint density at radius 3 is 2.59 bits per heavy atom. The Balaban J connectivity index is 1.71. The zero-order valence-electron chi connectivity index (χ0n) is 21.8. The Morgan fingerprint density at radius 2 is 1.87 bits per heavy atom. The lowest BCUT2D eigenvalue weighted by Crippen LogP contribution is -2.27. The molecule has 1 unspecified atom stereocenters. The van der Waals surface area contributed by atoms with Crippen molar-refractivity contribution in [1.29, 1.82) is 0 Å². The number of rotatable bonds is 5. The van der Waals surface area contributed by atoms with Gasteiger partial charge >= 0.3 is 5.97 Å². The van der Waals surface area contributed by atoms with Crippen molar-refractivity contribution in [2.75, 3.05) is 20.3 Å². The summed E-state index contributed by atoms with van der Waals surface area (Å²) < 4.78 is 48.1. The summed E-state index contributed by atoms with van der Waals surface area (Å²) in [4.78, 5) is 17.3. The van der Waals surface area contributed by atoms with Crippen LogP contribution >= 0.6 is 0 Å². The fraction of sp³-hybridized carbons (Fsp3) is 0.300. The molecule has 1 saturated heterocycles. The smallest absolute Gasteiger partial charge is 0.337 e. The minimum atomic E-state index is -0.584. The maximum Gasteiger partial charge on any atom is 0.337 e. The first-order valence-electron chi connectivity index (χ1n) is 12.8. The molecule has 5 aromatic rings. The molecule has 0 spiro atoms. The maximum absolute atomic E-state index is 15.5. The van der Waals surface area contributed by atoms with Gasteiger partial charge in [0, 0.05) is 41.5 Å². The normalized spacial score (nSPS) is 15.2. The average molecular weight is 532 g/mol. The zero-order valence-corrected chi connectivity index (χ0v) is 21.8. The van der Waals surface area contributed by atoms with Crippen LogP contribution in [-0.2, 0) is 9.47 Å². The number of carbonyl (C=O) groups excluding carboxylic acids is 1. The molecule has 7 nitrogen and oxygen atoms in total. The van der Waals surface area contributed by atoms with Crippen LogP contribution in [0.25, 0.3) is 33.1 Å². The average Bonchev–Trinajstić information content (AvgIpc) is 3.46. The van der Waals surface area contributed by atoms with Gasteiger partial charge in [0.05, 0.1) is 41.0 Å². The van der Waals surface area contributed by atoms with Gasteiger partial charge in [-0.15, -0.1) is 0 Å². The zero-order chi connectivity index (χ0) is 27.3. The highest BCUT2D eigenvalue weighted by Gasteiger charge is 2.32. The molecule has 0 N–H and O–H groups in total. The summed E-state index contributed by atoms with van der Waals surface area (Å²) in [5, 5.41) is 4.88. The standard InChI is InChI=1S/C30H27F2N3O4/c1-16-27(17(2)39-34-16)20-13-26-28(33-15-20)22-6-4-19(30(36)37-3)12-25(22)35(26)29(18-8-10-38-11-9-18)23-14-21(31)5-7-24(23)32/h4-7,12-15,18,29H,8-11H2,1-3H3. The van der Waals surface area contributed by atoms with Crippen LogP contribution in [0.5, 0.6) is 0 Å². The Labute approximate surface area is 223 Å². The number of carbonyl (C=O) groups is 1. The van der Waals surface area contributed by atoms with E-state index in [1.165, 1.54) is 13.2 Å². The van der Waals surface area contributed by atoms with Crippen molar-refractivity contribution in [2.24, 2.45) is 5.92 Å². The van der Waals surface area contributed by atoms with Gasteiger partial charge in [0.25, 0.3) is 0 Å². The van der Waals surface area contributed by atoms with Crippen molar-refractivity contribution in [3.05, 3.63) is 82.9 Å². The molecule has 200 valence electrons. The second-order valence-corrected chi connectivity index (χ2v) is 9.94. The van der Waals surface area contributed by atoms with Crippen LogP contribution in [-0.4, -0.2) is 41.0 Å². The molecule has 2 aromatic carbocycles. The highest BCUT2D eigenvalue weighted by Crippen LogP contribution is 2.42. The molecule has 9 heteroatoms. The van der Waals surface area contributed by atoms with Gasteiger partial charge in [0.15, 0.2) is 0 Å². The number of halogens is 2. The Morgan fingerprint density at radius 1 is 1.08 bits per heavy atom. The van der Waals surface area contributed by atoms with Gasteiger partial charge in [0.2, 0.25) is 0 Å². The highest BCUT2D eigenvalue weighted by atomic mass is 19.1. The summed E-state index contributed by atoms with van der Waals surface area (Å²) in [6, 6.07) is 10.2. The van der Waals surface area contributed by atoms with E-state index in [9.17, 15) is 9.18 Å². The second-order valence-electron chi connectivity index (χ2n) is 9.94. The fourth-order valence-electron chi connectivity index (χ4n) is 5.86. The van der Waals surface area contributed by atoms with Crippen molar-refractivity contribution in [3.63, 3.8) is 0 Å². The molecule has 1 fully saturated rings.